The molecule has 0 bridgehead atoms. The Balaban J connectivity index is 1.47. The smallest absolute Gasteiger partial charge is 0.0656 e. The summed E-state index contributed by atoms with van der Waals surface area (Å²) in [7, 11) is -3.18. The van der Waals surface area contributed by atoms with Gasteiger partial charge in [-0.15, -0.1) is 0 Å². The van der Waals surface area contributed by atoms with Gasteiger partial charge in [-0.3, -0.25) is 0 Å². The molecule has 0 nitrogen and oxygen atoms in total. The van der Waals surface area contributed by atoms with E-state index in [0.717, 1.165) is 0 Å². The highest BCUT2D eigenvalue weighted by molar-refractivity contribution is 6.89. The third-order valence-corrected chi connectivity index (χ3v) is 14.3. The molecule has 0 unspecified atom stereocenters. The molecule has 0 spiro atoms. The molecule has 234 valence electrons. The zero-order chi connectivity index (χ0) is 33.2. The van der Waals surface area contributed by atoms with Crippen LogP contribution in [0.25, 0.3) is 76.5 Å². The summed E-state index contributed by atoms with van der Waals surface area (Å²) in [5.41, 5.74) is 7.81. The summed E-state index contributed by atoms with van der Waals surface area (Å²) in [6.45, 7) is 14.7. The van der Waals surface area contributed by atoms with Crippen LogP contribution in [0.1, 0.15) is 0 Å². The summed E-state index contributed by atoms with van der Waals surface area (Å²) in [6, 6.07) is 55.2. The summed E-state index contributed by atoms with van der Waals surface area (Å²) >= 11 is 0. The monoisotopic (exact) mass is 650 g/mol. The second kappa shape index (κ2) is 11.4. The van der Waals surface area contributed by atoms with E-state index in [4.69, 9.17) is 0 Å². The van der Waals surface area contributed by atoms with Crippen LogP contribution in [0.4, 0.5) is 0 Å². The lowest BCUT2D eigenvalue weighted by Gasteiger charge is -2.24. The maximum absolute atomic E-state index is 2.54. The van der Waals surface area contributed by atoms with Gasteiger partial charge in [0.2, 0.25) is 0 Å². The molecule has 0 fully saturated rings. The molecule has 48 heavy (non-hydrogen) atoms. The van der Waals surface area contributed by atoms with E-state index in [1.54, 1.807) is 0 Å². The lowest BCUT2D eigenvalue weighted by Crippen LogP contribution is -2.37. The first-order chi connectivity index (χ1) is 23.1. The highest BCUT2D eigenvalue weighted by atomic mass is 28.3. The van der Waals surface area contributed by atoms with Gasteiger partial charge in [0, 0.05) is 0 Å². The van der Waals surface area contributed by atoms with Crippen LogP contribution in [0.2, 0.25) is 39.3 Å². The minimum atomic E-state index is -1.59. The second-order valence-corrected chi connectivity index (χ2v) is 25.6. The number of hydrogen-bond acceptors (Lipinski definition) is 0. The van der Waals surface area contributed by atoms with E-state index in [9.17, 15) is 0 Å². The molecule has 8 rings (SSSR count). The molecule has 0 aliphatic heterocycles. The Labute approximate surface area is 286 Å². The maximum Gasteiger partial charge on any atom is 0.0776 e. The van der Waals surface area contributed by atoms with Gasteiger partial charge in [-0.05, 0) is 76.5 Å². The van der Waals surface area contributed by atoms with Gasteiger partial charge in [-0.2, -0.15) is 0 Å². The van der Waals surface area contributed by atoms with Crippen molar-refractivity contribution in [3.63, 3.8) is 0 Å². The van der Waals surface area contributed by atoms with E-state index in [0.29, 0.717) is 0 Å². The fourth-order valence-corrected chi connectivity index (χ4v) is 9.82. The molecule has 8 aromatic rings. The van der Waals surface area contributed by atoms with Crippen LogP contribution in [0.3, 0.4) is 0 Å². The standard InChI is InChI=1S/C46H42Si2/c1-47(2,3)35-26-28-42-43(29-35)45(34-23-21-33(22-24-34)38-19-11-15-31-13-7-9-17-37(31)38)41-27-25-36(48(4,5)6)30-44(41)46(42)40-20-12-16-32-14-8-10-18-39(32)40/h7-30H,1-6H3. The van der Waals surface area contributed by atoms with Gasteiger partial charge >= 0.3 is 0 Å². The van der Waals surface area contributed by atoms with Gasteiger partial charge in [-0.1, -0.05) is 195 Å². The van der Waals surface area contributed by atoms with E-state index in [-0.39, 0.29) is 0 Å². The van der Waals surface area contributed by atoms with E-state index in [1.165, 1.54) is 86.8 Å². The van der Waals surface area contributed by atoms with Crippen molar-refractivity contribution in [2.24, 2.45) is 0 Å². The van der Waals surface area contributed by atoms with E-state index >= 15 is 0 Å². The van der Waals surface area contributed by atoms with Gasteiger partial charge in [0.15, 0.2) is 0 Å². The van der Waals surface area contributed by atoms with Gasteiger partial charge < -0.3 is 0 Å². The van der Waals surface area contributed by atoms with Crippen molar-refractivity contribution in [1.29, 1.82) is 0 Å². The Morgan fingerprint density at radius 2 is 0.750 bits per heavy atom. The average molecular weight is 651 g/mol. The minimum absolute atomic E-state index is 1.25. The van der Waals surface area contributed by atoms with Crippen molar-refractivity contribution < 1.29 is 0 Å². The van der Waals surface area contributed by atoms with Crippen molar-refractivity contribution >= 4 is 69.6 Å². The SMILES string of the molecule is C[Si](C)(C)c1ccc2c(-c3cccc4ccccc34)c3cc([Si](C)(C)C)ccc3c(-c3ccc(-c4cccc5ccccc45)cc3)c2c1. The molecule has 0 aliphatic carbocycles. The number of fused-ring (bicyclic) bond motifs is 4. The van der Waals surface area contributed by atoms with Crippen molar-refractivity contribution in [3.8, 4) is 33.4 Å². The predicted molar refractivity (Wildman–Crippen MR) is 219 cm³/mol. The largest absolute Gasteiger partial charge is 0.0776 e. The Kier molecular flexibility index (Phi) is 7.28. The molecule has 0 atom stereocenters. The first kappa shape index (κ1) is 30.6. The number of benzene rings is 8. The van der Waals surface area contributed by atoms with Gasteiger partial charge in [-0.25, -0.2) is 0 Å². The molecule has 0 saturated carbocycles. The molecule has 0 heterocycles. The predicted octanol–water partition coefficient (Wildman–Crippen LogP) is 12.4. The summed E-state index contributed by atoms with van der Waals surface area (Å²) < 4.78 is 0. The lowest BCUT2D eigenvalue weighted by molar-refractivity contribution is 1.63. The summed E-state index contributed by atoms with van der Waals surface area (Å²) in [5.74, 6) is 0. The number of hydrogen-bond donors (Lipinski definition) is 0. The van der Waals surface area contributed by atoms with E-state index in [2.05, 4.69) is 185 Å². The van der Waals surface area contributed by atoms with Crippen LogP contribution in [-0.2, 0) is 0 Å². The summed E-state index contributed by atoms with van der Waals surface area (Å²) in [4.78, 5) is 0. The van der Waals surface area contributed by atoms with Crippen molar-refractivity contribution in [2.75, 3.05) is 0 Å². The average Bonchev–Trinajstić information content (AvgIpc) is 3.09. The Morgan fingerprint density at radius 3 is 1.31 bits per heavy atom. The molecule has 0 saturated heterocycles. The van der Waals surface area contributed by atoms with Gasteiger partial charge in [0.1, 0.15) is 0 Å². The zero-order valence-electron chi connectivity index (χ0n) is 28.9. The van der Waals surface area contributed by atoms with Gasteiger partial charge in [0.25, 0.3) is 0 Å². The molecule has 0 amide bonds. The summed E-state index contributed by atoms with van der Waals surface area (Å²) in [5, 5.41) is 13.5. The normalized spacial score (nSPS) is 12.4. The lowest BCUT2D eigenvalue weighted by atomic mass is 9.84. The first-order valence-electron chi connectivity index (χ1n) is 17.2. The molecular formula is C46H42Si2. The van der Waals surface area contributed by atoms with Crippen LogP contribution in [0, 0.1) is 0 Å². The third kappa shape index (κ3) is 5.21. The van der Waals surface area contributed by atoms with Crippen LogP contribution in [0.5, 0.6) is 0 Å². The summed E-state index contributed by atoms with van der Waals surface area (Å²) in [6.07, 6.45) is 0. The molecular weight excluding hydrogens is 609 g/mol. The van der Waals surface area contributed by atoms with Crippen molar-refractivity contribution in [2.45, 2.75) is 39.3 Å². The molecule has 0 aromatic heterocycles. The van der Waals surface area contributed by atoms with E-state index in [1.807, 2.05) is 0 Å². The second-order valence-electron chi connectivity index (χ2n) is 15.4. The third-order valence-electron chi connectivity index (χ3n) is 10.2. The quantitative estimate of drug-likeness (QED) is 0.128. The van der Waals surface area contributed by atoms with Gasteiger partial charge in [0.05, 0.1) is 16.1 Å². The first-order valence-corrected chi connectivity index (χ1v) is 24.2. The topological polar surface area (TPSA) is 0 Å². The highest BCUT2D eigenvalue weighted by Gasteiger charge is 2.24. The highest BCUT2D eigenvalue weighted by Crippen LogP contribution is 2.45. The fraction of sp³-hybridized carbons (Fsp3) is 0.130. The van der Waals surface area contributed by atoms with Crippen LogP contribution >= 0.6 is 0 Å². The minimum Gasteiger partial charge on any atom is -0.0656 e. The van der Waals surface area contributed by atoms with Crippen LogP contribution in [0.15, 0.2) is 146 Å². The van der Waals surface area contributed by atoms with Crippen molar-refractivity contribution in [1.82, 2.24) is 0 Å². The van der Waals surface area contributed by atoms with Crippen molar-refractivity contribution in [3.05, 3.63) is 146 Å². The fourth-order valence-electron chi connectivity index (χ4n) is 7.50. The molecule has 0 aliphatic rings. The Hall–Kier alpha value is -4.77. The molecule has 0 N–H and O–H groups in total. The maximum atomic E-state index is 2.54. The molecule has 8 aromatic carbocycles. The van der Waals surface area contributed by atoms with E-state index < -0.39 is 16.1 Å². The van der Waals surface area contributed by atoms with Crippen LogP contribution < -0.4 is 10.4 Å². The van der Waals surface area contributed by atoms with Crippen LogP contribution in [-0.4, -0.2) is 16.1 Å². The molecule has 0 radical (unpaired) electrons. The zero-order valence-corrected chi connectivity index (χ0v) is 30.9. The number of rotatable bonds is 5. The Morgan fingerprint density at radius 1 is 0.312 bits per heavy atom. The Bertz CT molecular complexity index is 2500. The molecule has 2 heteroatoms.